The van der Waals surface area contributed by atoms with Gasteiger partial charge in [-0.05, 0) is 5.56 Å². The largest absolute Gasteiger partial charge is 0.480 e. The molecule has 1 amide bonds. The molecule has 130 valence electrons. The lowest BCUT2D eigenvalue weighted by Gasteiger charge is -2.17. The van der Waals surface area contributed by atoms with Crippen molar-refractivity contribution in [1.29, 1.82) is 5.41 Å². The predicted molar refractivity (Wildman–Crippen MR) is 83.6 cm³/mol. The van der Waals surface area contributed by atoms with Crippen molar-refractivity contribution in [2.75, 3.05) is 26.8 Å². The highest BCUT2D eigenvalue weighted by Gasteiger charge is 2.12. The van der Waals surface area contributed by atoms with Crippen LogP contribution in [0.1, 0.15) is 5.56 Å². The number of carbonyl (C=O) groups excluding carboxylic acids is 2. The number of amides is 1. The quantitative estimate of drug-likeness (QED) is 0.285. The van der Waals surface area contributed by atoms with Crippen molar-refractivity contribution in [2.24, 2.45) is 0 Å². The highest BCUT2D eigenvalue weighted by molar-refractivity contribution is 5.93. The lowest BCUT2D eigenvalue weighted by atomic mass is 10.2. The van der Waals surface area contributed by atoms with Gasteiger partial charge >= 0.3 is 18.0 Å². The van der Waals surface area contributed by atoms with E-state index in [9.17, 15) is 14.4 Å². The zero-order chi connectivity index (χ0) is 17.9. The number of aliphatic carboxylic acids is 1. The molecule has 0 aliphatic carbocycles. The first kappa shape index (κ1) is 18.9. The Bertz CT molecular complexity index is 590. The van der Waals surface area contributed by atoms with Crippen LogP contribution in [-0.2, 0) is 25.5 Å². The van der Waals surface area contributed by atoms with Crippen molar-refractivity contribution in [3.8, 4) is 0 Å². The van der Waals surface area contributed by atoms with Crippen molar-refractivity contribution in [3.63, 3.8) is 0 Å². The van der Waals surface area contributed by atoms with E-state index in [-0.39, 0.29) is 19.6 Å². The minimum absolute atomic E-state index is 0.114. The highest BCUT2D eigenvalue weighted by atomic mass is 16.6. The number of rotatable bonds is 7. The smallest absolute Gasteiger partial charge is 0.414 e. The number of guanidine groups is 1. The van der Waals surface area contributed by atoms with Gasteiger partial charge in [0.15, 0.2) is 0 Å². The Kier molecular flexibility index (Phi) is 7.76. The van der Waals surface area contributed by atoms with Gasteiger partial charge in [0, 0.05) is 7.05 Å². The number of nitrogens with zero attached hydrogens (tertiary/aromatic N) is 1. The summed E-state index contributed by atoms with van der Waals surface area (Å²) in [5.74, 6) is -2.00. The SMILES string of the molecule is CN(CC(=O)O)C(=N)NC(=O)OCCOC(=O)Cc1ccccc1. The standard InChI is InChI=1S/C15H19N3O6/c1-18(10-12(19)20)14(16)17-15(22)24-8-7-23-13(21)9-11-5-3-2-4-6-11/h2-6H,7-10H2,1H3,(H,19,20)(H2,16,17,22). The van der Waals surface area contributed by atoms with Crippen LogP contribution in [-0.4, -0.2) is 60.8 Å². The molecule has 0 radical (unpaired) electrons. The van der Waals surface area contributed by atoms with Crippen LogP contribution < -0.4 is 5.32 Å². The first-order chi connectivity index (χ1) is 11.4. The molecule has 0 aliphatic rings. The third-order valence-electron chi connectivity index (χ3n) is 2.75. The third-order valence-corrected chi connectivity index (χ3v) is 2.75. The van der Waals surface area contributed by atoms with E-state index in [1.165, 1.54) is 7.05 Å². The maximum absolute atomic E-state index is 11.6. The number of carboxylic acids is 1. The molecule has 0 heterocycles. The maximum atomic E-state index is 11.6. The van der Waals surface area contributed by atoms with Gasteiger partial charge < -0.3 is 19.5 Å². The molecule has 9 nitrogen and oxygen atoms in total. The number of alkyl carbamates (subject to hydrolysis) is 1. The van der Waals surface area contributed by atoms with Crippen molar-refractivity contribution < 1.29 is 29.0 Å². The molecule has 0 spiro atoms. The molecular weight excluding hydrogens is 318 g/mol. The number of benzene rings is 1. The molecule has 0 atom stereocenters. The van der Waals surface area contributed by atoms with Crippen LogP contribution in [0.5, 0.6) is 0 Å². The zero-order valence-corrected chi connectivity index (χ0v) is 13.2. The predicted octanol–water partition coefficient (Wildman–Crippen LogP) is 0.450. The van der Waals surface area contributed by atoms with E-state index in [2.05, 4.69) is 5.32 Å². The first-order valence-electron chi connectivity index (χ1n) is 7.03. The number of likely N-dealkylation sites (N-methyl/N-ethyl adjacent to an activating group) is 1. The average molecular weight is 337 g/mol. The molecule has 9 heteroatoms. The molecule has 1 aromatic rings. The summed E-state index contributed by atoms with van der Waals surface area (Å²) in [7, 11) is 1.34. The zero-order valence-electron chi connectivity index (χ0n) is 13.2. The highest BCUT2D eigenvalue weighted by Crippen LogP contribution is 2.00. The summed E-state index contributed by atoms with van der Waals surface area (Å²) in [4.78, 5) is 34.4. The Morgan fingerprint density at radius 3 is 2.42 bits per heavy atom. The van der Waals surface area contributed by atoms with Gasteiger partial charge in [-0.3, -0.25) is 20.3 Å². The Balaban J connectivity index is 2.18. The first-order valence-corrected chi connectivity index (χ1v) is 7.03. The van der Waals surface area contributed by atoms with E-state index in [0.717, 1.165) is 10.5 Å². The Hall–Kier alpha value is -3.10. The molecule has 0 saturated carbocycles. The number of esters is 1. The molecule has 0 unspecified atom stereocenters. The summed E-state index contributed by atoms with van der Waals surface area (Å²) in [6.07, 6.45) is -0.811. The van der Waals surface area contributed by atoms with Crippen LogP contribution in [0.2, 0.25) is 0 Å². The summed E-state index contributed by atoms with van der Waals surface area (Å²) in [5.41, 5.74) is 0.816. The average Bonchev–Trinajstić information content (AvgIpc) is 2.52. The van der Waals surface area contributed by atoms with Crippen molar-refractivity contribution in [2.45, 2.75) is 6.42 Å². The maximum Gasteiger partial charge on any atom is 0.414 e. The Morgan fingerprint density at radius 2 is 1.79 bits per heavy atom. The second-order valence-electron chi connectivity index (χ2n) is 4.74. The number of hydrogen-bond acceptors (Lipinski definition) is 6. The van der Waals surface area contributed by atoms with Crippen LogP contribution >= 0.6 is 0 Å². The van der Waals surface area contributed by atoms with Crippen molar-refractivity contribution in [1.82, 2.24) is 10.2 Å². The molecular formula is C15H19N3O6. The fourth-order valence-corrected chi connectivity index (χ4v) is 1.61. The van der Waals surface area contributed by atoms with Gasteiger partial charge in [-0.2, -0.15) is 0 Å². The van der Waals surface area contributed by atoms with Crippen LogP contribution in [0.3, 0.4) is 0 Å². The number of carbonyl (C=O) groups is 3. The van der Waals surface area contributed by atoms with Gasteiger partial charge in [0.25, 0.3) is 0 Å². The topological polar surface area (TPSA) is 129 Å². The van der Waals surface area contributed by atoms with E-state index in [1.54, 1.807) is 12.1 Å². The molecule has 1 aromatic carbocycles. The molecule has 0 aromatic heterocycles. The van der Waals surface area contributed by atoms with Crippen LogP contribution in [0.15, 0.2) is 30.3 Å². The number of carboxylic acid groups (broad SMARTS) is 1. The molecule has 1 rings (SSSR count). The summed E-state index contributed by atoms with van der Waals surface area (Å²) >= 11 is 0. The number of hydrogen-bond donors (Lipinski definition) is 3. The fourth-order valence-electron chi connectivity index (χ4n) is 1.61. The second-order valence-corrected chi connectivity index (χ2v) is 4.74. The normalized spacial score (nSPS) is 9.71. The van der Waals surface area contributed by atoms with Gasteiger partial charge in [-0.1, -0.05) is 30.3 Å². The fraction of sp³-hybridized carbons (Fsp3) is 0.333. The van der Waals surface area contributed by atoms with Crippen LogP contribution in [0, 0.1) is 5.41 Å². The lowest BCUT2D eigenvalue weighted by Crippen LogP contribution is -2.43. The van der Waals surface area contributed by atoms with E-state index < -0.39 is 30.5 Å². The minimum atomic E-state index is -1.14. The number of nitrogens with one attached hydrogen (secondary N) is 2. The Morgan fingerprint density at radius 1 is 1.17 bits per heavy atom. The molecule has 0 fully saturated rings. The van der Waals surface area contributed by atoms with Gasteiger partial charge in [0.1, 0.15) is 19.8 Å². The van der Waals surface area contributed by atoms with Gasteiger partial charge in [-0.15, -0.1) is 0 Å². The van der Waals surface area contributed by atoms with E-state index >= 15 is 0 Å². The minimum Gasteiger partial charge on any atom is -0.480 e. The summed E-state index contributed by atoms with van der Waals surface area (Å²) in [6, 6.07) is 9.06. The van der Waals surface area contributed by atoms with E-state index in [1.807, 2.05) is 18.2 Å². The molecule has 0 aliphatic heterocycles. The summed E-state index contributed by atoms with van der Waals surface area (Å²) in [6.45, 7) is -0.726. The monoisotopic (exact) mass is 337 g/mol. The number of ether oxygens (including phenoxy) is 2. The summed E-state index contributed by atoms with van der Waals surface area (Å²) in [5, 5.41) is 18.1. The Labute approximate surface area is 138 Å². The molecule has 24 heavy (non-hydrogen) atoms. The lowest BCUT2D eigenvalue weighted by molar-refractivity contribution is -0.143. The molecule has 0 saturated heterocycles. The van der Waals surface area contributed by atoms with E-state index in [0.29, 0.717) is 0 Å². The van der Waals surface area contributed by atoms with Crippen LogP contribution in [0.4, 0.5) is 4.79 Å². The van der Waals surface area contributed by atoms with Gasteiger partial charge in [0.2, 0.25) is 5.96 Å². The third kappa shape index (κ3) is 7.78. The molecule has 3 N–H and O–H groups in total. The molecule has 0 bridgehead atoms. The summed E-state index contributed by atoms with van der Waals surface area (Å²) < 4.78 is 9.64. The van der Waals surface area contributed by atoms with E-state index in [4.69, 9.17) is 20.0 Å². The van der Waals surface area contributed by atoms with Crippen LogP contribution in [0.25, 0.3) is 0 Å². The van der Waals surface area contributed by atoms with Gasteiger partial charge in [0.05, 0.1) is 6.42 Å². The van der Waals surface area contributed by atoms with Gasteiger partial charge in [-0.25, -0.2) is 4.79 Å². The second kappa shape index (κ2) is 9.82. The van der Waals surface area contributed by atoms with Crippen molar-refractivity contribution >= 4 is 24.0 Å². The van der Waals surface area contributed by atoms with Crippen molar-refractivity contribution in [3.05, 3.63) is 35.9 Å².